The molecule has 2 aromatic rings. The number of nitrogens with one attached hydrogen (secondary N) is 2. The summed E-state index contributed by atoms with van der Waals surface area (Å²) in [7, 11) is -2.62. The molecule has 0 unspecified atom stereocenters. The van der Waals surface area contributed by atoms with Crippen molar-refractivity contribution >= 4 is 39.2 Å². The minimum absolute atomic E-state index is 0.00274. The smallest absolute Gasteiger partial charge is 0.336 e. The Morgan fingerprint density at radius 2 is 1.95 bits per heavy atom. The summed E-state index contributed by atoms with van der Waals surface area (Å²) in [5.41, 5.74) is 0. The Hall–Kier alpha value is -1.51. The molecule has 10 heteroatoms. The largest absolute Gasteiger partial charge is 0.466 e. The molecule has 0 bridgehead atoms. The average molecular weight is 323 g/mol. The third-order valence-electron chi connectivity index (χ3n) is 2.07. The minimum atomic E-state index is -3.97. The maximum Gasteiger partial charge on any atom is 0.336 e. The van der Waals surface area contributed by atoms with Crippen LogP contribution >= 0.6 is 23.2 Å². The number of rotatable bonds is 4. The second kappa shape index (κ2) is 5.24. The van der Waals surface area contributed by atoms with Crippen LogP contribution in [0.25, 0.3) is 0 Å². The molecule has 0 aliphatic rings. The molecule has 0 saturated heterocycles. The zero-order valence-electron chi connectivity index (χ0n) is 9.52. The molecule has 0 spiro atoms. The highest BCUT2D eigenvalue weighted by atomic mass is 35.5. The van der Waals surface area contributed by atoms with E-state index in [4.69, 9.17) is 27.9 Å². The van der Waals surface area contributed by atoms with Gasteiger partial charge in [0.1, 0.15) is 4.90 Å². The predicted octanol–water partition coefficient (Wildman–Crippen LogP) is 1.92. The van der Waals surface area contributed by atoms with Crippen molar-refractivity contribution in [3.63, 3.8) is 0 Å². The summed E-state index contributed by atoms with van der Waals surface area (Å²) in [4.78, 5) is 3.51. The van der Waals surface area contributed by atoms with Gasteiger partial charge >= 0.3 is 6.01 Å². The van der Waals surface area contributed by atoms with Gasteiger partial charge in [0.15, 0.2) is 0 Å². The van der Waals surface area contributed by atoms with Crippen molar-refractivity contribution in [3.05, 3.63) is 28.2 Å². The first kappa shape index (κ1) is 13.9. The Bertz CT molecular complexity index is 681. The zero-order valence-corrected chi connectivity index (χ0v) is 11.8. The van der Waals surface area contributed by atoms with Crippen LogP contribution in [0, 0.1) is 0 Å². The number of ether oxygens (including phenoxy) is 1. The van der Waals surface area contributed by atoms with Gasteiger partial charge in [-0.2, -0.15) is 4.98 Å². The van der Waals surface area contributed by atoms with Crippen LogP contribution < -0.4 is 9.46 Å². The number of hydrogen-bond donors (Lipinski definition) is 2. The van der Waals surface area contributed by atoms with Crippen LogP contribution in [0.3, 0.4) is 0 Å². The van der Waals surface area contributed by atoms with Crippen molar-refractivity contribution in [2.75, 3.05) is 11.8 Å². The highest BCUT2D eigenvalue weighted by molar-refractivity contribution is 7.93. The van der Waals surface area contributed by atoms with Crippen LogP contribution in [-0.4, -0.2) is 30.7 Å². The minimum Gasteiger partial charge on any atom is -0.466 e. The molecular formula is C9H8Cl2N4O3S. The molecule has 1 heterocycles. The number of benzene rings is 1. The van der Waals surface area contributed by atoms with Crippen LogP contribution in [0.15, 0.2) is 23.1 Å². The molecule has 0 fully saturated rings. The molecule has 0 aliphatic carbocycles. The third kappa shape index (κ3) is 2.91. The van der Waals surface area contributed by atoms with E-state index in [0.29, 0.717) is 0 Å². The van der Waals surface area contributed by atoms with Crippen LogP contribution in [0.2, 0.25) is 10.0 Å². The monoisotopic (exact) mass is 322 g/mol. The van der Waals surface area contributed by atoms with Crippen LogP contribution in [-0.2, 0) is 10.0 Å². The van der Waals surface area contributed by atoms with Crippen LogP contribution in [0.1, 0.15) is 0 Å². The van der Waals surface area contributed by atoms with E-state index in [1.54, 1.807) is 6.07 Å². The SMILES string of the molecule is COc1n[nH]c(NS(=O)(=O)c2c(Cl)cccc2Cl)n1. The lowest BCUT2D eigenvalue weighted by Gasteiger charge is -2.08. The van der Waals surface area contributed by atoms with Gasteiger partial charge in [-0.1, -0.05) is 29.3 Å². The first-order valence-corrected chi connectivity index (χ1v) is 7.11. The van der Waals surface area contributed by atoms with E-state index in [2.05, 4.69) is 19.9 Å². The highest BCUT2D eigenvalue weighted by Crippen LogP contribution is 2.29. The number of methoxy groups -OCH3 is 1. The Kier molecular flexibility index (Phi) is 3.83. The molecule has 0 radical (unpaired) electrons. The molecule has 2 N–H and O–H groups in total. The summed E-state index contributed by atoms with van der Waals surface area (Å²) >= 11 is 11.7. The highest BCUT2D eigenvalue weighted by Gasteiger charge is 2.23. The number of hydrogen-bond acceptors (Lipinski definition) is 5. The number of sulfonamides is 1. The molecular weight excluding hydrogens is 315 g/mol. The molecule has 0 aliphatic heterocycles. The van der Waals surface area contributed by atoms with Crippen LogP contribution in [0.5, 0.6) is 6.01 Å². The number of aromatic amines is 1. The van der Waals surface area contributed by atoms with E-state index >= 15 is 0 Å². The summed E-state index contributed by atoms with van der Waals surface area (Å²) in [5.74, 6) is -0.104. The lowest BCUT2D eigenvalue weighted by atomic mass is 10.4. The molecule has 0 amide bonds. The third-order valence-corrected chi connectivity index (χ3v) is 4.36. The number of anilines is 1. The predicted molar refractivity (Wildman–Crippen MR) is 70.2 cm³/mol. The van der Waals surface area contributed by atoms with Gasteiger partial charge in [0.2, 0.25) is 5.95 Å². The van der Waals surface area contributed by atoms with Gasteiger partial charge in [-0.3, -0.25) is 0 Å². The van der Waals surface area contributed by atoms with Gasteiger partial charge in [-0.15, -0.1) is 5.10 Å². The fourth-order valence-corrected chi connectivity index (χ4v) is 3.41. The summed E-state index contributed by atoms with van der Waals surface area (Å²) in [6.07, 6.45) is 0. The topological polar surface area (TPSA) is 97.0 Å². The molecule has 0 atom stereocenters. The van der Waals surface area contributed by atoms with E-state index in [1.807, 2.05) is 0 Å². The van der Waals surface area contributed by atoms with Crippen LogP contribution in [0.4, 0.5) is 5.95 Å². The van der Waals surface area contributed by atoms with Gasteiger partial charge in [0.05, 0.1) is 17.2 Å². The lowest BCUT2D eigenvalue weighted by molar-refractivity contribution is 0.382. The van der Waals surface area contributed by atoms with Crippen molar-refractivity contribution in [1.29, 1.82) is 0 Å². The molecule has 2 rings (SSSR count). The standard InChI is InChI=1S/C9H8Cl2N4O3S/c1-18-9-12-8(13-14-9)15-19(16,17)7-5(10)3-2-4-6(7)11/h2-4H,1H3,(H2,12,13,14,15). The maximum absolute atomic E-state index is 12.1. The van der Waals surface area contributed by atoms with E-state index < -0.39 is 10.0 Å². The summed E-state index contributed by atoms with van der Waals surface area (Å²) in [5, 5.41) is 5.98. The number of aromatic nitrogens is 3. The Morgan fingerprint density at radius 3 is 2.47 bits per heavy atom. The van der Waals surface area contributed by atoms with E-state index in [9.17, 15) is 8.42 Å². The molecule has 0 saturated carbocycles. The summed E-state index contributed by atoms with van der Waals surface area (Å²) < 4.78 is 31.2. The van der Waals surface area contributed by atoms with Gasteiger partial charge in [0.25, 0.3) is 10.0 Å². The molecule has 102 valence electrons. The van der Waals surface area contributed by atoms with Gasteiger partial charge < -0.3 is 4.74 Å². The average Bonchev–Trinajstić information content (AvgIpc) is 2.75. The summed E-state index contributed by atoms with van der Waals surface area (Å²) in [6.45, 7) is 0. The first-order chi connectivity index (χ1) is 8.94. The molecule has 1 aromatic heterocycles. The quantitative estimate of drug-likeness (QED) is 0.896. The molecule has 7 nitrogen and oxygen atoms in total. The second-order valence-electron chi connectivity index (χ2n) is 3.33. The summed E-state index contributed by atoms with van der Waals surface area (Å²) in [6, 6.07) is 4.38. The molecule has 1 aromatic carbocycles. The van der Waals surface area contributed by atoms with E-state index in [0.717, 1.165) is 0 Å². The number of halogens is 2. The zero-order chi connectivity index (χ0) is 14.0. The van der Waals surface area contributed by atoms with E-state index in [-0.39, 0.29) is 26.9 Å². The second-order valence-corrected chi connectivity index (χ2v) is 5.76. The van der Waals surface area contributed by atoms with Crippen molar-refractivity contribution in [2.24, 2.45) is 0 Å². The van der Waals surface area contributed by atoms with Gasteiger partial charge in [-0.25, -0.2) is 18.2 Å². The normalized spacial score (nSPS) is 11.3. The van der Waals surface area contributed by atoms with Gasteiger partial charge in [-0.05, 0) is 12.1 Å². The maximum atomic E-state index is 12.1. The number of H-pyrrole nitrogens is 1. The van der Waals surface area contributed by atoms with Crippen molar-refractivity contribution in [1.82, 2.24) is 15.2 Å². The first-order valence-electron chi connectivity index (χ1n) is 4.87. The fraction of sp³-hybridized carbons (Fsp3) is 0.111. The van der Waals surface area contributed by atoms with Crippen molar-refractivity contribution in [3.8, 4) is 6.01 Å². The van der Waals surface area contributed by atoms with Crippen molar-refractivity contribution in [2.45, 2.75) is 4.90 Å². The van der Waals surface area contributed by atoms with Gasteiger partial charge in [0, 0.05) is 0 Å². The fourth-order valence-electron chi connectivity index (χ4n) is 1.30. The Labute approximate surface area is 119 Å². The Balaban J connectivity index is 2.38. The van der Waals surface area contributed by atoms with E-state index in [1.165, 1.54) is 19.2 Å². The number of nitrogens with zero attached hydrogens (tertiary/aromatic N) is 2. The lowest BCUT2D eigenvalue weighted by Crippen LogP contribution is -2.15. The van der Waals surface area contributed by atoms with Crippen molar-refractivity contribution < 1.29 is 13.2 Å². The Morgan fingerprint density at radius 1 is 1.32 bits per heavy atom. The molecule has 19 heavy (non-hydrogen) atoms.